The molecular formula is C22H31N5O2. The molecule has 156 valence electrons. The number of carbonyl (C=O) groups excluding carboxylic acids is 1. The Bertz CT molecular complexity index is 833. The lowest BCUT2D eigenvalue weighted by Crippen LogP contribution is -2.66. The van der Waals surface area contributed by atoms with Crippen LogP contribution in [0.15, 0.2) is 4.52 Å². The molecule has 3 aliphatic carbocycles. The molecule has 3 saturated carbocycles. The van der Waals surface area contributed by atoms with Crippen molar-refractivity contribution in [2.45, 2.75) is 69.5 Å². The Morgan fingerprint density at radius 3 is 2.48 bits per heavy atom. The van der Waals surface area contributed by atoms with Crippen molar-refractivity contribution in [3.05, 3.63) is 5.82 Å². The van der Waals surface area contributed by atoms with Crippen LogP contribution in [0.25, 0.3) is 0 Å². The van der Waals surface area contributed by atoms with Gasteiger partial charge in [0.25, 0.3) is 0 Å². The predicted octanol–water partition coefficient (Wildman–Crippen LogP) is 2.07. The normalized spacial score (nSPS) is 42.0. The summed E-state index contributed by atoms with van der Waals surface area (Å²) in [6.45, 7) is 6.26. The van der Waals surface area contributed by atoms with E-state index in [9.17, 15) is 4.79 Å². The average Bonchev–Trinajstić information content (AvgIpc) is 2.98. The summed E-state index contributed by atoms with van der Waals surface area (Å²) in [6, 6.07) is 1.91. The van der Waals surface area contributed by atoms with E-state index in [2.05, 4.69) is 24.8 Å². The minimum Gasteiger partial charge on any atom is -0.337 e. The fourth-order valence-electron chi connectivity index (χ4n) is 7.53. The van der Waals surface area contributed by atoms with Crippen molar-refractivity contribution in [1.29, 1.82) is 0 Å². The number of hydrogen-bond donors (Lipinski definition) is 0. The van der Waals surface area contributed by atoms with Crippen LogP contribution in [0.1, 0.15) is 50.8 Å². The Morgan fingerprint density at radius 2 is 1.86 bits per heavy atom. The Labute approximate surface area is 171 Å². The zero-order valence-electron chi connectivity index (χ0n) is 17.3. The summed E-state index contributed by atoms with van der Waals surface area (Å²) in [5, 5.41) is 3.98. The van der Waals surface area contributed by atoms with Crippen molar-refractivity contribution < 1.29 is 9.32 Å². The van der Waals surface area contributed by atoms with Gasteiger partial charge in [0.15, 0.2) is 5.82 Å². The lowest BCUT2D eigenvalue weighted by molar-refractivity contribution is -0.158. The van der Waals surface area contributed by atoms with Crippen LogP contribution in [0.3, 0.4) is 0 Å². The summed E-state index contributed by atoms with van der Waals surface area (Å²) in [4.78, 5) is 24.9. The van der Waals surface area contributed by atoms with E-state index in [-0.39, 0.29) is 0 Å². The molecule has 2 bridgehead atoms. The number of fused-ring (bicyclic) bond motifs is 3. The molecule has 0 N–H and O–H groups in total. The maximum atomic E-state index is 13.1. The summed E-state index contributed by atoms with van der Waals surface area (Å²) in [6.07, 6.45) is 8.84. The van der Waals surface area contributed by atoms with Gasteiger partial charge in [-0.1, -0.05) is 5.16 Å². The Morgan fingerprint density at radius 1 is 1.07 bits per heavy atom. The van der Waals surface area contributed by atoms with E-state index in [0.717, 1.165) is 37.9 Å². The lowest BCUT2D eigenvalue weighted by atomic mass is 9.67. The highest BCUT2D eigenvalue weighted by atomic mass is 16.5. The van der Waals surface area contributed by atoms with Crippen molar-refractivity contribution in [1.82, 2.24) is 19.9 Å². The molecule has 7 rings (SSSR count). The fraction of sp³-hybridized carbons (Fsp3) is 0.864. The van der Waals surface area contributed by atoms with Crippen LogP contribution in [-0.4, -0.2) is 69.6 Å². The number of rotatable bonds is 3. The highest BCUT2D eigenvalue weighted by molar-refractivity contribution is 5.84. The second-order valence-electron chi connectivity index (χ2n) is 10.8. The molecule has 1 aromatic rings. The van der Waals surface area contributed by atoms with E-state index in [0.29, 0.717) is 47.3 Å². The first-order valence-electron chi connectivity index (χ1n) is 11.7. The molecule has 1 amide bonds. The first kappa shape index (κ1) is 17.1. The van der Waals surface area contributed by atoms with Gasteiger partial charge in [0.1, 0.15) is 0 Å². The van der Waals surface area contributed by atoms with Crippen LogP contribution >= 0.6 is 0 Å². The van der Waals surface area contributed by atoms with Gasteiger partial charge >= 0.3 is 6.01 Å². The second-order valence-corrected chi connectivity index (χ2v) is 10.8. The quantitative estimate of drug-likeness (QED) is 0.778. The minimum absolute atomic E-state index is 0.312. The van der Waals surface area contributed by atoms with Gasteiger partial charge in [0.2, 0.25) is 5.91 Å². The summed E-state index contributed by atoms with van der Waals surface area (Å²) >= 11 is 0. The Kier molecular flexibility index (Phi) is 3.38. The molecule has 5 unspecified atom stereocenters. The van der Waals surface area contributed by atoms with Crippen LogP contribution < -0.4 is 4.90 Å². The standard InChI is InChI=1S/C22H31N5O2/c1-13-23-21(29-24-13)26-10-14-7-15(9-16(26)8-14)25-11-17-18(12-25)19(17)20(28)27-6-5-22(27)3-2-4-22/h14-19H,2-12H2,1H3. The van der Waals surface area contributed by atoms with E-state index in [1.165, 1.54) is 44.9 Å². The van der Waals surface area contributed by atoms with Gasteiger partial charge in [0, 0.05) is 49.7 Å². The van der Waals surface area contributed by atoms with E-state index in [1.807, 2.05) is 6.92 Å². The monoisotopic (exact) mass is 397 g/mol. The van der Waals surface area contributed by atoms with Crippen LogP contribution in [0, 0.1) is 30.6 Å². The van der Waals surface area contributed by atoms with Gasteiger partial charge in [-0.25, -0.2) is 0 Å². The molecule has 0 radical (unpaired) electrons. The van der Waals surface area contributed by atoms with Crippen LogP contribution in [-0.2, 0) is 4.79 Å². The van der Waals surface area contributed by atoms with Gasteiger partial charge in [0.05, 0.1) is 0 Å². The molecule has 29 heavy (non-hydrogen) atoms. The topological polar surface area (TPSA) is 65.7 Å². The largest absolute Gasteiger partial charge is 0.337 e. The van der Waals surface area contributed by atoms with Gasteiger partial charge in [-0.3, -0.25) is 9.69 Å². The molecule has 3 saturated heterocycles. The second kappa shape index (κ2) is 5.74. The van der Waals surface area contributed by atoms with Crippen molar-refractivity contribution in [2.75, 3.05) is 31.1 Å². The van der Waals surface area contributed by atoms with Crippen molar-refractivity contribution in [2.24, 2.45) is 23.7 Å². The average molecular weight is 398 g/mol. The van der Waals surface area contributed by atoms with E-state index >= 15 is 0 Å². The van der Waals surface area contributed by atoms with E-state index in [4.69, 9.17) is 4.52 Å². The third-order valence-electron chi connectivity index (χ3n) is 9.36. The van der Waals surface area contributed by atoms with Gasteiger partial charge < -0.3 is 14.3 Å². The fourth-order valence-corrected chi connectivity index (χ4v) is 7.53. The number of piperidine rings is 1. The molecular weight excluding hydrogens is 366 g/mol. The molecule has 5 atom stereocenters. The van der Waals surface area contributed by atoms with Crippen LogP contribution in [0.5, 0.6) is 0 Å². The molecule has 6 aliphatic rings. The summed E-state index contributed by atoms with van der Waals surface area (Å²) in [5.41, 5.74) is 0.312. The zero-order valence-corrected chi connectivity index (χ0v) is 17.3. The molecule has 7 heteroatoms. The van der Waals surface area contributed by atoms with Crippen molar-refractivity contribution in [3.63, 3.8) is 0 Å². The molecule has 7 nitrogen and oxygen atoms in total. The molecule has 6 fully saturated rings. The number of hydrogen-bond acceptors (Lipinski definition) is 6. The zero-order chi connectivity index (χ0) is 19.3. The van der Waals surface area contributed by atoms with Crippen LogP contribution in [0.2, 0.25) is 0 Å². The number of aryl methyl sites for hydroxylation is 1. The van der Waals surface area contributed by atoms with Crippen molar-refractivity contribution in [3.8, 4) is 0 Å². The third kappa shape index (κ3) is 2.37. The predicted molar refractivity (Wildman–Crippen MR) is 106 cm³/mol. The number of amides is 1. The first-order chi connectivity index (χ1) is 14.1. The molecule has 0 aromatic carbocycles. The maximum absolute atomic E-state index is 13.1. The number of likely N-dealkylation sites (tertiary alicyclic amines) is 2. The molecule has 1 spiro atoms. The first-order valence-corrected chi connectivity index (χ1v) is 11.7. The number of nitrogens with zero attached hydrogens (tertiary/aromatic N) is 5. The molecule has 4 heterocycles. The highest BCUT2D eigenvalue weighted by Gasteiger charge is 2.64. The van der Waals surface area contributed by atoms with E-state index < -0.39 is 0 Å². The van der Waals surface area contributed by atoms with Crippen molar-refractivity contribution >= 4 is 11.9 Å². The van der Waals surface area contributed by atoms with Gasteiger partial charge in [-0.05, 0) is 69.6 Å². The number of carbonyl (C=O) groups is 1. The molecule has 3 aliphatic heterocycles. The lowest BCUT2D eigenvalue weighted by Gasteiger charge is -2.59. The highest BCUT2D eigenvalue weighted by Crippen LogP contribution is 2.57. The Hall–Kier alpha value is -1.63. The van der Waals surface area contributed by atoms with Gasteiger partial charge in [-0.15, -0.1) is 0 Å². The molecule has 1 aromatic heterocycles. The summed E-state index contributed by atoms with van der Waals surface area (Å²) < 4.78 is 5.46. The third-order valence-corrected chi connectivity index (χ3v) is 9.36. The van der Waals surface area contributed by atoms with Gasteiger partial charge in [-0.2, -0.15) is 4.98 Å². The van der Waals surface area contributed by atoms with Crippen LogP contribution in [0.4, 0.5) is 6.01 Å². The summed E-state index contributed by atoms with van der Waals surface area (Å²) in [7, 11) is 0. The van der Waals surface area contributed by atoms with E-state index in [1.54, 1.807) is 0 Å². The smallest absolute Gasteiger partial charge is 0.324 e. The number of anilines is 1. The maximum Gasteiger partial charge on any atom is 0.324 e. The Balaban J connectivity index is 0.983. The SMILES string of the molecule is Cc1noc(N2CC3CC(N4CC5C(C4)C5C(=O)N4CCC45CCC5)CC2C3)n1. The summed E-state index contributed by atoms with van der Waals surface area (Å²) in [5.74, 6) is 3.58. The number of aromatic nitrogens is 2. The minimum atomic E-state index is 0.312.